The van der Waals surface area contributed by atoms with E-state index in [1.54, 1.807) is 60.9 Å². The van der Waals surface area contributed by atoms with E-state index in [1.807, 2.05) is 24.3 Å². The SMILES string of the molecule is O=C(Nc1ccc(Oc2ccncc2)cc1)c1cccc(S(=O)(=O)N2CCCc3ccccc32)c1. The van der Waals surface area contributed by atoms with Crippen LogP contribution in [0.5, 0.6) is 11.5 Å². The standard InChI is InChI=1S/C27H23N3O4S/c31-27(29-22-10-12-23(13-11-22)34-24-14-16-28-17-15-24)21-6-3-8-25(19-21)35(32,33)30-18-4-7-20-5-1-2-9-26(20)30/h1-3,5-6,8-17,19H,4,7,18H2,(H,29,31). The molecular formula is C27H23N3O4S. The van der Waals surface area contributed by atoms with Gasteiger partial charge in [-0.05, 0) is 79.1 Å². The molecule has 0 bridgehead atoms. The number of anilines is 2. The second-order valence-corrected chi connectivity index (χ2v) is 9.96. The summed E-state index contributed by atoms with van der Waals surface area (Å²) in [5, 5.41) is 2.81. The van der Waals surface area contributed by atoms with Gasteiger partial charge in [-0.1, -0.05) is 24.3 Å². The third-order valence-electron chi connectivity index (χ3n) is 5.75. The Morgan fingerprint density at radius 2 is 1.63 bits per heavy atom. The molecule has 1 aromatic heterocycles. The van der Waals surface area contributed by atoms with E-state index in [9.17, 15) is 13.2 Å². The summed E-state index contributed by atoms with van der Waals surface area (Å²) in [6.07, 6.45) is 4.87. The first-order chi connectivity index (χ1) is 17.0. The number of hydrogen-bond acceptors (Lipinski definition) is 5. The number of aryl methyl sites for hydroxylation is 1. The Labute approximate surface area is 204 Å². The lowest BCUT2D eigenvalue weighted by Gasteiger charge is -2.30. The summed E-state index contributed by atoms with van der Waals surface area (Å²) in [5.41, 5.74) is 2.53. The summed E-state index contributed by atoms with van der Waals surface area (Å²) in [6, 6.07) is 24.1. The van der Waals surface area contributed by atoms with Crippen LogP contribution in [0.15, 0.2) is 102 Å². The summed E-state index contributed by atoms with van der Waals surface area (Å²) in [6.45, 7) is 0.406. The van der Waals surface area contributed by atoms with Gasteiger partial charge in [0, 0.05) is 30.2 Å². The monoisotopic (exact) mass is 485 g/mol. The number of benzene rings is 3. The number of ether oxygens (including phenoxy) is 1. The Hall–Kier alpha value is -4.17. The number of nitrogens with one attached hydrogen (secondary N) is 1. The first-order valence-corrected chi connectivity index (χ1v) is 12.6. The lowest BCUT2D eigenvalue weighted by atomic mass is 10.0. The number of nitrogens with zero attached hydrogens (tertiary/aromatic N) is 2. The normalized spacial score (nSPS) is 13.1. The number of amides is 1. The van der Waals surface area contributed by atoms with Crippen molar-refractivity contribution in [1.82, 2.24) is 4.98 Å². The molecule has 8 heteroatoms. The third-order valence-corrected chi connectivity index (χ3v) is 7.56. The van der Waals surface area contributed by atoms with Crippen molar-refractivity contribution < 1.29 is 17.9 Å². The topological polar surface area (TPSA) is 88.6 Å². The molecular weight excluding hydrogens is 462 g/mol. The van der Waals surface area contributed by atoms with Crippen LogP contribution in [0.25, 0.3) is 0 Å². The molecule has 3 aromatic carbocycles. The molecule has 0 fully saturated rings. The maximum Gasteiger partial charge on any atom is 0.264 e. The fourth-order valence-electron chi connectivity index (χ4n) is 4.03. The van der Waals surface area contributed by atoms with Gasteiger partial charge in [0.15, 0.2) is 0 Å². The highest BCUT2D eigenvalue weighted by atomic mass is 32.2. The molecule has 0 unspecified atom stereocenters. The van der Waals surface area contributed by atoms with Crippen molar-refractivity contribution in [3.05, 3.63) is 108 Å². The Kier molecular flexibility index (Phi) is 6.20. The summed E-state index contributed by atoms with van der Waals surface area (Å²) in [5.74, 6) is 0.874. The number of aromatic nitrogens is 1. The molecule has 1 N–H and O–H groups in total. The van der Waals surface area contributed by atoms with Crippen molar-refractivity contribution in [3.63, 3.8) is 0 Å². The summed E-state index contributed by atoms with van der Waals surface area (Å²) in [4.78, 5) is 16.9. The largest absolute Gasteiger partial charge is 0.457 e. The molecule has 1 aliphatic rings. The van der Waals surface area contributed by atoms with Gasteiger partial charge >= 0.3 is 0 Å². The minimum absolute atomic E-state index is 0.0861. The quantitative estimate of drug-likeness (QED) is 0.402. The van der Waals surface area contributed by atoms with Crippen molar-refractivity contribution in [2.24, 2.45) is 0 Å². The van der Waals surface area contributed by atoms with E-state index in [0.717, 1.165) is 18.4 Å². The zero-order chi connectivity index (χ0) is 24.3. The molecule has 0 saturated heterocycles. The number of para-hydroxylation sites is 1. The maximum absolute atomic E-state index is 13.4. The van der Waals surface area contributed by atoms with Crippen molar-refractivity contribution in [2.75, 3.05) is 16.2 Å². The number of carbonyl (C=O) groups excluding carboxylic acids is 1. The molecule has 0 saturated carbocycles. The van der Waals surface area contributed by atoms with Gasteiger partial charge in [-0.2, -0.15) is 0 Å². The number of rotatable bonds is 6. The van der Waals surface area contributed by atoms with Crippen LogP contribution in [0, 0.1) is 0 Å². The fraction of sp³-hybridized carbons (Fsp3) is 0.111. The van der Waals surface area contributed by atoms with Crippen molar-refractivity contribution in [1.29, 1.82) is 0 Å². The van der Waals surface area contributed by atoms with Gasteiger partial charge in [0.2, 0.25) is 0 Å². The highest BCUT2D eigenvalue weighted by Gasteiger charge is 2.29. The van der Waals surface area contributed by atoms with Crippen LogP contribution in [0.3, 0.4) is 0 Å². The molecule has 7 nitrogen and oxygen atoms in total. The molecule has 176 valence electrons. The molecule has 5 rings (SSSR count). The molecule has 35 heavy (non-hydrogen) atoms. The Bertz CT molecular complexity index is 1460. The van der Waals surface area contributed by atoms with Crippen molar-refractivity contribution in [3.8, 4) is 11.5 Å². The molecule has 0 radical (unpaired) electrons. The maximum atomic E-state index is 13.4. The van der Waals surface area contributed by atoms with Gasteiger partial charge in [0.1, 0.15) is 11.5 Å². The van der Waals surface area contributed by atoms with E-state index in [4.69, 9.17) is 4.74 Å². The minimum atomic E-state index is -3.81. The van der Waals surface area contributed by atoms with Gasteiger partial charge in [0.05, 0.1) is 10.6 Å². The van der Waals surface area contributed by atoms with Gasteiger partial charge in [-0.15, -0.1) is 0 Å². The number of carbonyl (C=O) groups is 1. The zero-order valence-electron chi connectivity index (χ0n) is 18.8. The smallest absolute Gasteiger partial charge is 0.264 e. The summed E-state index contributed by atoms with van der Waals surface area (Å²) < 4.78 is 34.1. The van der Waals surface area contributed by atoms with Crippen LogP contribution in [0.1, 0.15) is 22.3 Å². The van der Waals surface area contributed by atoms with Crippen molar-refractivity contribution in [2.45, 2.75) is 17.7 Å². The number of fused-ring (bicyclic) bond motifs is 1. The van der Waals surface area contributed by atoms with Crippen LogP contribution in [0.2, 0.25) is 0 Å². The molecule has 1 amide bonds. The van der Waals surface area contributed by atoms with Crippen LogP contribution < -0.4 is 14.4 Å². The minimum Gasteiger partial charge on any atom is -0.457 e. The Morgan fingerprint density at radius 1 is 0.886 bits per heavy atom. The van der Waals surface area contributed by atoms with E-state index in [1.165, 1.54) is 16.4 Å². The molecule has 2 heterocycles. The van der Waals surface area contributed by atoms with Crippen LogP contribution in [0.4, 0.5) is 11.4 Å². The van der Waals surface area contributed by atoms with Gasteiger partial charge in [0.25, 0.3) is 15.9 Å². The Morgan fingerprint density at radius 3 is 2.43 bits per heavy atom. The van der Waals surface area contributed by atoms with Crippen LogP contribution in [-0.4, -0.2) is 25.9 Å². The summed E-state index contributed by atoms with van der Waals surface area (Å²) in [7, 11) is -3.81. The van der Waals surface area contributed by atoms with Crippen LogP contribution in [-0.2, 0) is 16.4 Å². The second-order valence-electron chi connectivity index (χ2n) is 8.10. The van der Waals surface area contributed by atoms with E-state index in [-0.39, 0.29) is 10.5 Å². The van der Waals surface area contributed by atoms with Gasteiger partial charge in [-0.3, -0.25) is 14.1 Å². The first kappa shape index (κ1) is 22.6. The average Bonchev–Trinajstić information content (AvgIpc) is 2.90. The second kappa shape index (κ2) is 9.60. The fourth-order valence-corrected chi connectivity index (χ4v) is 5.61. The van der Waals surface area contributed by atoms with Gasteiger partial charge < -0.3 is 10.1 Å². The predicted molar refractivity (Wildman–Crippen MR) is 134 cm³/mol. The third kappa shape index (κ3) is 4.88. The number of sulfonamides is 1. The van der Waals surface area contributed by atoms with E-state index in [0.29, 0.717) is 29.4 Å². The number of pyridine rings is 1. The van der Waals surface area contributed by atoms with Crippen LogP contribution >= 0.6 is 0 Å². The Balaban J connectivity index is 1.32. The van der Waals surface area contributed by atoms with E-state index < -0.39 is 15.9 Å². The first-order valence-electron chi connectivity index (χ1n) is 11.2. The lowest BCUT2D eigenvalue weighted by Crippen LogP contribution is -2.35. The average molecular weight is 486 g/mol. The van der Waals surface area contributed by atoms with Crippen molar-refractivity contribution >= 4 is 27.3 Å². The molecule has 4 aromatic rings. The van der Waals surface area contributed by atoms with E-state index in [2.05, 4.69) is 10.3 Å². The zero-order valence-corrected chi connectivity index (χ0v) is 19.6. The molecule has 0 spiro atoms. The molecule has 0 atom stereocenters. The summed E-state index contributed by atoms with van der Waals surface area (Å²) >= 11 is 0. The predicted octanol–water partition coefficient (Wildman–Crippen LogP) is 5.27. The lowest BCUT2D eigenvalue weighted by molar-refractivity contribution is 0.102. The molecule has 0 aliphatic carbocycles. The number of hydrogen-bond donors (Lipinski definition) is 1. The van der Waals surface area contributed by atoms with Gasteiger partial charge in [-0.25, -0.2) is 8.42 Å². The highest BCUT2D eigenvalue weighted by molar-refractivity contribution is 7.92. The van der Waals surface area contributed by atoms with E-state index >= 15 is 0 Å². The highest BCUT2D eigenvalue weighted by Crippen LogP contribution is 2.32. The molecule has 1 aliphatic heterocycles.